The van der Waals surface area contributed by atoms with E-state index in [0.29, 0.717) is 0 Å². The van der Waals surface area contributed by atoms with E-state index in [-0.39, 0.29) is 12.4 Å². The Morgan fingerprint density at radius 1 is 1.40 bits per heavy atom. The summed E-state index contributed by atoms with van der Waals surface area (Å²) in [6.07, 6.45) is 7.40. The highest BCUT2D eigenvalue weighted by molar-refractivity contribution is 5.85. The zero-order valence-electron chi connectivity index (χ0n) is 6.31. The summed E-state index contributed by atoms with van der Waals surface area (Å²) in [5.41, 5.74) is 7.37. The smallest absolute Gasteiger partial charge is 0.0221 e. The third-order valence-electron chi connectivity index (χ3n) is 1.58. The Morgan fingerprint density at radius 2 is 2.20 bits per heavy atom. The summed E-state index contributed by atoms with van der Waals surface area (Å²) < 4.78 is 0. The molecule has 1 rings (SSSR count). The first kappa shape index (κ1) is 9.79. The number of hydrogen-bond acceptors (Lipinski definition) is 2. The van der Waals surface area contributed by atoms with Crippen molar-refractivity contribution in [3.05, 3.63) is 11.8 Å². The molecule has 60 valence electrons. The number of hydrogen-bond donors (Lipinski definition) is 2. The highest BCUT2D eigenvalue weighted by Gasteiger charge is 1.99. The summed E-state index contributed by atoms with van der Waals surface area (Å²) in [5, 5.41) is 0. The van der Waals surface area contributed by atoms with E-state index in [2.05, 4.69) is 16.9 Å². The molecule has 0 bridgehead atoms. The Kier molecular flexibility index (Phi) is 5.45. The zero-order valence-corrected chi connectivity index (χ0v) is 7.13. The molecular weight excluding hydrogens is 148 g/mol. The van der Waals surface area contributed by atoms with Crippen LogP contribution in [0.4, 0.5) is 0 Å². The molecule has 0 radical (unpaired) electrons. The van der Waals surface area contributed by atoms with Gasteiger partial charge in [-0.1, -0.05) is 6.08 Å². The average Bonchev–Trinajstić information content (AvgIpc) is 1.91. The van der Waals surface area contributed by atoms with Crippen LogP contribution >= 0.6 is 12.4 Å². The van der Waals surface area contributed by atoms with Crippen molar-refractivity contribution in [1.82, 2.24) is 10.9 Å². The van der Waals surface area contributed by atoms with Crippen LogP contribution in [0.15, 0.2) is 11.8 Å². The van der Waals surface area contributed by atoms with Gasteiger partial charge in [0.2, 0.25) is 0 Å². The Bertz CT molecular complexity index is 112. The standard InChI is InChI=1S/C7H14N2.ClH/c1-8-9-7-5-3-2-4-6-7;/h5,8-9H,2-4,6H2,1H3;1H. The van der Waals surface area contributed by atoms with Gasteiger partial charge in [0.25, 0.3) is 0 Å². The summed E-state index contributed by atoms with van der Waals surface area (Å²) in [4.78, 5) is 0. The molecule has 3 heteroatoms. The monoisotopic (exact) mass is 162 g/mol. The van der Waals surface area contributed by atoms with E-state index >= 15 is 0 Å². The number of allylic oxidation sites excluding steroid dienone is 2. The second kappa shape index (κ2) is 5.57. The predicted molar refractivity (Wildman–Crippen MR) is 46.0 cm³/mol. The van der Waals surface area contributed by atoms with Gasteiger partial charge < -0.3 is 5.43 Å². The number of hydrazine groups is 1. The van der Waals surface area contributed by atoms with Gasteiger partial charge in [-0.25, -0.2) is 5.43 Å². The topological polar surface area (TPSA) is 24.1 Å². The fourth-order valence-corrected chi connectivity index (χ4v) is 1.11. The maximum atomic E-state index is 3.10. The first-order chi connectivity index (χ1) is 4.43. The first-order valence-corrected chi connectivity index (χ1v) is 3.55. The molecule has 0 aromatic rings. The van der Waals surface area contributed by atoms with Crippen molar-refractivity contribution in [2.45, 2.75) is 25.7 Å². The Hall–Kier alpha value is -0.210. The minimum absolute atomic E-state index is 0. The van der Waals surface area contributed by atoms with Crippen LogP contribution < -0.4 is 10.9 Å². The Labute approximate surface area is 68.5 Å². The van der Waals surface area contributed by atoms with Gasteiger partial charge >= 0.3 is 0 Å². The lowest BCUT2D eigenvalue weighted by Gasteiger charge is -2.13. The molecule has 0 atom stereocenters. The van der Waals surface area contributed by atoms with Gasteiger partial charge in [-0.2, -0.15) is 0 Å². The fourth-order valence-electron chi connectivity index (χ4n) is 1.11. The van der Waals surface area contributed by atoms with Gasteiger partial charge in [-0.15, -0.1) is 12.4 Å². The van der Waals surface area contributed by atoms with Crippen LogP contribution in [0.5, 0.6) is 0 Å². The molecule has 0 aliphatic heterocycles. The molecule has 2 N–H and O–H groups in total. The van der Waals surface area contributed by atoms with Crippen LogP contribution in [0.3, 0.4) is 0 Å². The molecule has 0 heterocycles. The van der Waals surface area contributed by atoms with Crippen molar-refractivity contribution in [2.24, 2.45) is 0 Å². The van der Waals surface area contributed by atoms with Gasteiger partial charge in [0, 0.05) is 12.7 Å². The number of nitrogens with one attached hydrogen (secondary N) is 2. The van der Waals surface area contributed by atoms with E-state index in [1.807, 2.05) is 7.05 Å². The lowest BCUT2D eigenvalue weighted by molar-refractivity contribution is 0.596. The molecule has 0 unspecified atom stereocenters. The lowest BCUT2D eigenvalue weighted by atomic mass is 10.1. The van der Waals surface area contributed by atoms with Crippen LogP contribution in [0.1, 0.15) is 25.7 Å². The third kappa shape index (κ3) is 3.08. The van der Waals surface area contributed by atoms with Crippen LogP contribution in [0.2, 0.25) is 0 Å². The molecule has 0 saturated heterocycles. The van der Waals surface area contributed by atoms with Gasteiger partial charge in [0.05, 0.1) is 0 Å². The summed E-state index contributed by atoms with van der Waals surface area (Å²) >= 11 is 0. The van der Waals surface area contributed by atoms with Crippen LogP contribution in [0, 0.1) is 0 Å². The number of halogens is 1. The predicted octanol–water partition coefficient (Wildman–Crippen LogP) is 1.59. The fraction of sp³-hybridized carbons (Fsp3) is 0.714. The highest BCUT2D eigenvalue weighted by Crippen LogP contribution is 2.13. The number of rotatable bonds is 2. The minimum Gasteiger partial charge on any atom is -0.326 e. The lowest BCUT2D eigenvalue weighted by Crippen LogP contribution is -2.27. The molecule has 2 nitrogen and oxygen atoms in total. The second-order valence-electron chi connectivity index (χ2n) is 2.35. The molecule has 0 spiro atoms. The van der Waals surface area contributed by atoms with Gasteiger partial charge in [-0.3, -0.25) is 0 Å². The van der Waals surface area contributed by atoms with E-state index in [0.717, 1.165) is 0 Å². The molecule has 0 saturated carbocycles. The maximum absolute atomic E-state index is 3.10. The zero-order chi connectivity index (χ0) is 6.53. The van der Waals surface area contributed by atoms with E-state index < -0.39 is 0 Å². The van der Waals surface area contributed by atoms with Crippen molar-refractivity contribution in [2.75, 3.05) is 7.05 Å². The van der Waals surface area contributed by atoms with Gasteiger partial charge in [0.15, 0.2) is 0 Å². The molecule has 1 aliphatic rings. The van der Waals surface area contributed by atoms with Crippen molar-refractivity contribution < 1.29 is 0 Å². The first-order valence-electron chi connectivity index (χ1n) is 3.55. The maximum Gasteiger partial charge on any atom is 0.0221 e. The van der Waals surface area contributed by atoms with Crippen molar-refractivity contribution >= 4 is 12.4 Å². The quantitative estimate of drug-likeness (QED) is 0.603. The Balaban J connectivity index is 0.000000810. The summed E-state index contributed by atoms with van der Waals surface area (Å²) in [6.45, 7) is 0. The molecule has 0 fully saturated rings. The van der Waals surface area contributed by atoms with E-state index in [1.54, 1.807) is 0 Å². The van der Waals surface area contributed by atoms with Crippen molar-refractivity contribution in [3.63, 3.8) is 0 Å². The van der Waals surface area contributed by atoms with Crippen LogP contribution in [-0.4, -0.2) is 7.05 Å². The second-order valence-corrected chi connectivity index (χ2v) is 2.35. The summed E-state index contributed by atoms with van der Waals surface area (Å²) in [7, 11) is 1.90. The van der Waals surface area contributed by atoms with E-state index in [1.165, 1.54) is 31.4 Å². The van der Waals surface area contributed by atoms with E-state index in [4.69, 9.17) is 0 Å². The molecular formula is C7H15ClN2. The minimum atomic E-state index is 0. The average molecular weight is 163 g/mol. The molecule has 0 amide bonds. The van der Waals surface area contributed by atoms with Gasteiger partial charge in [-0.05, 0) is 25.7 Å². The summed E-state index contributed by atoms with van der Waals surface area (Å²) in [6, 6.07) is 0. The van der Waals surface area contributed by atoms with E-state index in [9.17, 15) is 0 Å². The van der Waals surface area contributed by atoms with Crippen molar-refractivity contribution in [1.29, 1.82) is 0 Å². The van der Waals surface area contributed by atoms with Gasteiger partial charge in [0.1, 0.15) is 0 Å². The SMILES string of the molecule is CNNC1=CCCCC1.Cl. The van der Waals surface area contributed by atoms with Crippen molar-refractivity contribution in [3.8, 4) is 0 Å². The van der Waals surface area contributed by atoms with Crippen LogP contribution in [0.25, 0.3) is 0 Å². The Morgan fingerprint density at radius 3 is 2.70 bits per heavy atom. The van der Waals surface area contributed by atoms with Crippen LogP contribution in [-0.2, 0) is 0 Å². The molecule has 0 aromatic heterocycles. The normalized spacial score (nSPS) is 17.1. The largest absolute Gasteiger partial charge is 0.326 e. The third-order valence-corrected chi connectivity index (χ3v) is 1.58. The summed E-state index contributed by atoms with van der Waals surface area (Å²) in [5.74, 6) is 0. The molecule has 1 aliphatic carbocycles. The molecule has 10 heavy (non-hydrogen) atoms. The highest BCUT2D eigenvalue weighted by atomic mass is 35.5. The molecule has 0 aromatic carbocycles.